The molecule has 0 aromatic heterocycles. The third-order valence-electron chi connectivity index (χ3n) is 4.39. The van der Waals surface area contributed by atoms with Crippen LogP contribution in [0.15, 0.2) is 48.5 Å². The molecule has 0 bridgehead atoms. The molecule has 2 aromatic carbocycles. The number of rotatable bonds is 6. The Labute approximate surface area is 158 Å². The van der Waals surface area contributed by atoms with Crippen molar-refractivity contribution >= 4 is 24.7 Å². The molecule has 1 unspecified atom stereocenters. The quantitative estimate of drug-likeness (QED) is 0.603. The molecule has 1 aliphatic rings. The molecule has 6 heteroatoms. The van der Waals surface area contributed by atoms with E-state index in [-0.39, 0.29) is 24.9 Å². The highest BCUT2D eigenvalue weighted by Crippen LogP contribution is 2.44. The van der Waals surface area contributed by atoms with Gasteiger partial charge < -0.3 is 14.8 Å². The number of esters is 1. The van der Waals surface area contributed by atoms with Crippen LogP contribution in [0.5, 0.6) is 0 Å². The van der Waals surface area contributed by atoms with Gasteiger partial charge in [0.05, 0.1) is 6.61 Å². The molecule has 1 aliphatic carbocycles. The minimum atomic E-state index is -0.825. The van der Waals surface area contributed by atoms with Crippen LogP contribution in [0, 0.1) is 0 Å². The van der Waals surface area contributed by atoms with Crippen molar-refractivity contribution in [2.45, 2.75) is 18.9 Å². The number of hydrogen-bond acceptors (Lipinski definition) is 5. The van der Waals surface area contributed by atoms with Crippen LogP contribution in [0.1, 0.15) is 24.0 Å². The molecule has 0 saturated heterocycles. The summed E-state index contributed by atoms with van der Waals surface area (Å²) in [5.41, 5.74) is 4.60. The average Bonchev–Trinajstić information content (AvgIpc) is 2.98. The summed E-state index contributed by atoms with van der Waals surface area (Å²) in [6.45, 7) is 2.15. The molecule has 0 aliphatic heterocycles. The van der Waals surface area contributed by atoms with Crippen molar-refractivity contribution in [3.8, 4) is 11.1 Å². The summed E-state index contributed by atoms with van der Waals surface area (Å²) in [5, 5.41) is 2.51. The molecule has 0 fully saturated rings. The molecule has 0 spiro atoms. The highest BCUT2D eigenvalue weighted by Gasteiger charge is 2.29. The number of fused-ring (bicyclic) bond motifs is 3. The predicted molar refractivity (Wildman–Crippen MR) is 102 cm³/mol. The van der Waals surface area contributed by atoms with Gasteiger partial charge in [0.1, 0.15) is 12.6 Å². The lowest BCUT2D eigenvalue weighted by atomic mass is 9.98. The normalized spacial score (nSPS) is 13.5. The van der Waals surface area contributed by atoms with Crippen LogP contribution in [0.2, 0.25) is 0 Å². The first-order chi connectivity index (χ1) is 12.7. The fourth-order valence-corrected chi connectivity index (χ4v) is 3.44. The largest absolute Gasteiger partial charge is 0.464 e. The van der Waals surface area contributed by atoms with Gasteiger partial charge in [-0.1, -0.05) is 48.5 Å². The van der Waals surface area contributed by atoms with Gasteiger partial charge in [-0.25, -0.2) is 9.59 Å². The second-order valence-corrected chi connectivity index (χ2v) is 6.32. The van der Waals surface area contributed by atoms with Crippen molar-refractivity contribution < 1.29 is 19.1 Å². The monoisotopic (exact) mass is 371 g/mol. The average molecular weight is 371 g/mol. The highest BCUT2D eigenvalue weighted by molar-refractivity contribution is 7.80. The van der Waals surface area contributed by atoms with Gasteiger partial charge in [0.15, 0.2) is 0 Å². The number of carbonyl (C=O) groups is 2. The molecule has 0 heterocycles. The van der Waals surface area contributed by atoms with Crippen molar-refractivity contribution in [1.29, 1.82) is 0 Å². The lowest BCUT2D eigenvalue weighted by molar-refractivity contribution is -0.144. The van der Waals surface area contributed by atoms with Crippen LogP contribution in [0.4, 0.5) is 4.79 Å². The zero-order valence-corrected chi connectivity index (χ0v) is 15.4. The lowest BCUT2D eigenvalue weighted by Gasteiger charge is -2.17. The summed E-state index contributed by atoms with van der Waals surface area (Å²) in [6.07, 6.45) is -0.654. The van der Waals surface area contributed by atoms with Gasteiger partial charge in [0, 0.05) is 11.7 Å². The number of ether oxygens (including phenoxy) is 2. The van der Waals surface area contributed by atoms with Gasteiger partial charge in [-0.15, -0.1) is 0 Å². The van der Waals surface area contributed by atoms with Gasteiger partial charge in [-0.3, -0.25) is 0 Å². The topological polar surface area (TPSA) is 64.6 Å². The van der Waals surface area contributed by atoms with Gasteiger partial charge in [-0.2, -0.15) is 12.6 Å². The van der Waals surface area contributed by atoms with Gasteiger partial charge >= 0.3 is 12.1 Å². The number of benzene rings is 2. The maximum atomic E-state index is 12.1. The summed E-state index contributed by atoms with van der Waals surface area (Å²) in [4.78, 5) is 23.9. The Hall–Kier alpha value is -2.47. The smallest absolute Gasteiger partial charge is 0.407 e. The van der Waals surface area contributed by atoms with Gasteiger partial charge in [0.2, 0.25) is 0 Å². The molecule has 3 rings (SSSR count). The Morgan fingerprint density at radius 1 is 1.04 bits per heavy atom. The molecule has 0 saturated carbocycles. The first-order valence-electron chi connectivity index (χ1n) is 8.54. The second-order valence-electron chi connectivity index (χ2n) is 5.96. The van der Waals surface area contributed by atoms with E-state index in [4.69, 9.17) is 9.47 Å². The van der Waals surface area contributed by atoms with Crippen LogP contribution >= 0.6 is 12.6 Å². The minimum absolute atomic E-state index is 0.0230. The number of thiol groups is 1. The zero-order valence-electron chi connectivity index (χ0n) is 14.5. The molecule has 136 valence electrons. The van der Waals surface area contributed by atoms with E-state index in [1.165, 1.54) is 0 Å². The van der Waals surface area contributed by atoms with Crippen molar-refractivity contribution in [1.82, 2.24) is 5.32 Å². The van der Waals surface area contributed by atoms with E-state index in [0.717, 1.165) is 22.3 Å². The molecule has 1 N–H and O–H groups in total. The molecule has 2 aromatic rings. The second kappa shape index (κ2) is 8.27. The van der Waals surface area contributed by atoms with Crippen LogP contribution in [-0.4, -0.2) is 37.1 Å². The summed E-state index contributed by atoms with van der Waals surface area (Å²) in [7, 11) is 0. The van der Waals surface area contributed by atoms with Gasteiger partial charge in [0.25, 0.3) is 0 Å². The number of nitrogens with one attached hydrogen (secondary N) is 1. The maximum Gasteiger partial charge on any atom is 0.407 e. The van der Waals surface area contributed by atoms with E-state index in [0.29, 0.717) is 0 Å². The lowest BCUT2D eigenvalue weighted by Crippen LogP contribution is -2.43. The minimum Gasteiger partial charge on any atom is -0.464 e. The van der Waals surface area contributed by atoms with Crippen LogP contribution in [0.3, 0.4) is 0 Å². The van der Waals surface area contributed by atoms with Crippen molar-refractivity contribution in [2.24, 2.45) is 0 Å². The number of carbonyl (C=O) groups excluding carboxylic acids is 2. The van der Waals surface area contributed by atoms with Crippen LogP contribution in [-0.2, 0) is 14.3 Å². The molecular formula is C20H21NO4S. The fraction of sp³-hybridized carbons (Fsp3) is 0.300. The SMILES string of the molecule is CCOC(=O)C(CS)NC(=O)OCC1c2ccccc2-c2ccccc21. The summed E-state index contributed by atoms with van der Waals surface area (Å²) in [5.74, 6) is -0.399. The third-order valence-corrected chi connectivity index (χ3v) is 4.75. The van der Waals surface area contributed by atoms with E-state index >= 15 is 0 Å². The molecule has 26 heavy (non-hydrogen) atoms. The molecule has 0 radical (unpaired) electrons. The van der Waals surface area contributed by atoms with Gasteiger partial charge in [-0.05, 0) is 29.2 Å². The predicted octanol–water partition coefficient (Wildman–Crippen LogP) is 3.39. The molecule has 5 nitrogen and oxygen atoms in total. The molecule has 1 atom stereocenters. The third kappa shape index (κ3) is 3.70. The Morgan fingerprint density at radius 3 is 2.15 bits per heavy atom. The van der Waals surface area contributed by atoms with Crippen molar-refractivity contribution in [3.63, 3.8) is 0 Å². The molecular weight excluding hydrogens is 350 g/mol. The Balaban J connectivity index is 1.68. The first-order valence-corrected chi connectivity index (χ1v) is 9.18. The first kappa shape index (κ1) is 18.3. The van der Waals surface area contributed by atoms with Crippen molar-refractivity contribution in [3.05, 3.63) is 59.7 Å². The Kier molecular flexibility index (Phi) is 5.83. The van der Waals surface area contributed by atoms with Crippen LogP contribution in [0.25, 0.3) is 11.1 Å². The Bertz CT molecular complexity index is 762. The van der Waals surface area contributed by atoms with Crippen molar-refractivity contribution in [2.75, 3.05) is 19.0 Å². The maximum absolute atomic E-state index is 12.1. The number of amides is 1. The summed E-state index contributed by atoms with van der Waals surface area (Å²) >= 11 is 4.08. The summed E-state index contributed by atoms with van der Waals surface area (Å²) in [6, 6.07) is 15.4. The standard InChI is InChI=1S/C20H21NO4S/c1-2-24-19(22)18(12-26)21-20(23)25-11-17-15-9-5-3-7-13(15)14-8-4-6-10-16(14)17/h3-10,17-18,26H,2,11-12H2,1H3,(H,21,23). The fourth-order valence-electron chi connectivity index (χ4n) is 3.20. The van der Waals surface area contributed by atoms with E-state index in [1.54, 1.807) is 6.92 Å². The highest BCUT2D eigenvalue weighted by atomic mass is 32.1. The van der Waals surface area contributed by atoms with E-state index < -0.39 is 18.1 Å². The molecule has 1 amide bonds. The number of hydrogen-bond donors (Lipinski definition) is 2. The van der Waals surface area contributed by atoms with E-state index in [2.05, 4.69) is 42.2 Å². The van der Waals surface area contributed by atoms with E-state index in [1.807, 2.05) is 24.3 Å². The number of alkyl carbamates (subject to hydrolysis) is 1. The Morgan fingerprint density at radius 2 is 1.62 bits per heavy atom. The van der Waals surface area contributed by atoms with E-state index in [9.17, 15) is 9.59 Å². The van der Waals surface area contributed by atoms with Crippen LogP contribution < -0.4 is 5.32 Å². The zero-order chi connectivity index (χ0) is 18.5. The summed E-state index contributed by atoms with van der Waals surface area (Å²) < 4.78 is 10.3.